The van der Waals surface area contributed by atoms with Crippen LogP contribution in [0.1, 0.15) is 18.9 Å². The van der Waals surface area contributed by atoms with Crippen molar-refractivity contribution in [3.63, 3.8) is 0 Å². The van der Waals surface area contributed by atoms with Crippen LogP contribution in [-0.4, -0.2) is 47.9 Å². The molecule has 0 spiro atoms. The van der Waals surface area contributed by atoms with Gasteiger partial charge >= 0.3 is 6.03 Å². The summed E-state index contributed by atoms with van der Waals surface area (Å²) < 4.78 is 32.4. The molecule has 1 aliphatic rings. The van der Waals surface area contributed by atoms with E-state index in [0.717, 1.165) is 12.1 Å². The number of morpholine rings is 1. The van der Waals surface area contributed by atoms with E-state index in [1.54, 1.807) is 6.92 Å². The number of carbonyl (C=O) groups excluding carboxylic acids is 1. The molecular weight excluding hydrogens is 294 g/mol. The number of aliphatic hydroxyl groups is 1. The molecule has 0 aromatic heterocycles. The molecule has 2 N–H and O–H groups in total. The molecule has 0 saturated carbocycles. The molecule has 1 aromatic carbocycles. The summed E-state index contributed by atoms with van der Waals surface area (Å²) in [6.45, 7) is 2.53. The summed E-state index contributed by atoms with van der Waals surface area (Å²) in [7, 11) is 0. The second kappa shape index (κ2) is 7.51. The molecule has 1 aromatic rings. The Labute approximate surface area is 127 Å². The van der Waals surface area contributed by atoms with Gasteiger partial charge in [0.2, 0.25) is 0 Å². The van der Waals surface area contributed by atoms with Gasteiger partial charge in [0.1, 0.15) is 11.6 Å². The van der Waals surface area contributed by atoms with E-state index in [9.17, 15) is 18.7 Å². The van der Waals surface area contributed by atoms with Crippen molar-refractivity contribution in [2.75, 3.05) is 19.8 Å². The minimum Gasteiger partial charge on any atom is -0.393 e. The van der Waals surface area contributed by atoms with Crippen LogP contribution in [0.25, 0.3) is 0 Å². The van der Waals surface area contributed by atoms with Crippen LogP contribution in [-0.2, 0) is 11.3 Å². The maximum absolute atomic E-state index is 13.5. The van der Waals surface area contributed by atoms with Crippen molar-refractivity contribution in [1.82, 2.24) is 10.2 Å². The molecule has 22 heavy (non-hydrogen) atoms. The molecule has 7 heteroatoms. The lowest BCUT2D eigenvalue weighted by Crippen LogP contribution is -2.53. The van der Waals surface area contributed by atoms with Crippen LogP contribution in [0.5, 0.6) is 0 Å². The topological polar surface area (TPSA) is 61.8 Å². The molecule has 2 amide bonds. The van der Waals surface area contributed by atoms with Gasteiger partial charge in [-0.15, -0.1) is 0 Å². The summed E-state index contributed by atoms with van der Waals surface area (Å²) >= 11 is 0. The van der Waals surface area contributed by atoms with Gasteiger partial charge in [0.25, 0.3) is 0 Å². The first-order chi connectivity index (χ1) is 10.5. The average molecular weight is 314 g/mol. The Morgan fingerprint density at radius 2 is 2.18 bits per heavy atom. The molecule has 0 radical (unpaired) electrons. The van der Waals surface area contributed by atoms with Crippen LogP contribution >= 0.6 is 0 Å². The Balaban J connectivity index is 1.98. The number of halogens is 2. The Morgan fingerprint density at radius 3 is 2.82 bits per heavy atom. The lowest BCUT2D eigenvalue weighted by Gasteiger charge is -2.36. The Morgan fingerprint density at radius 1 is 1.50 bits per heavy atom. The van der Waals surface area contributed by atoms with E-state index >= 15 is 0 Å². The molecule has 1 aliphatic heterocycles. The molecule has 5 nitrogen and oxygen atoms in total. The fourth-order valence-electron chi connectivity index (χ4n) is 2.48. The van der Waals surface area contributed by atoms with Gasteiger partial charge in [-0.3, -0.25) is 0 Å². The predicted molar refractivity (Wildman–Crippen MR) is 76.2 cm³/mol. The van der Waals surface area contributed by atoms with E-state index in [-0.39, 0.29) is 18.2 Å². The molecule has 0 unspecified atom stereocenters. The van der Waals surface area contributed by atoms with E-state index in [4.69, 9.17) is 4.74 Å². The predicted octanol–water partition coefficient (Wildman–Crippen LogP) is 1.65. The van der Waals surface area contributed by atoms with Gasteiger partial charge < -0.3 is 20.1 Å². The minimum atomic E-state index is -0.692. The molecule has 0 aliphatic carbocycles. The Kier molecular flexibility index (Phi) is 5.68. The van der Waals surface area contributed by atoms with Crippen LogP contribution in [0.2, 0.25) is 0 Å². The molecule has 2 atom stereocenters. The standard InChI is InChI=1S/C15H20F2N2O3/c1-10(20)7-11-9-22-6-5-19(11)15(21)18-8-12-13(16)3-2-4-14(12)17/h2-4,10-11,20H,5-9H2,1H3,(H,18,21)/t10-,11+/m0/s1. The number of urea groups is 1. The molecule has 2 rings (SSSR count). The van der Waals surface area contributed by atoms with Gasteiger partial charge in [-0.1, -0.05) is 6.07 Å². The highest BCUT2D eigenvalue weighted by atomic mass is 19.1. The van der Waals surface area contributed by atoms with Crippen LogP contribution < -0.4 is 5.32 Å². The van der Waals surface area contributed by atoms with Crippen molar-refractivity contribution < 1.29 is 23.4 Å². The summed E-state index contributed by atoms with van der Waals surface area (Å²) in [6.07, 6.45) is -0.174. The third kappa shape index (κ3) is 4.14. The highest BCUT2D eigenvalue weighted by molar-refractivity contribution is 5.74. The second-order valence-electron chi connectivity index (χ2n) is 5.37. The van der Waals surface area contributed by atoms with Crippen LogP contribution in [0.3, 0.4) is 0 Å². The van der Waals surface area contributed by atoms with Crippen LogP contribution in [0.15, 0.2) is 18.2 Å². The van der Waals surface area contributed by atoms with Gasteiger partial charge in [0.05, 0.1) is 31.9 Å². The van der Waals surface area contributed by atoms with Gasteiger partial charge in [-0.2, -0.15) is 0 Å². The van der Waals surface area contributed by atoms with Crippen molar-refractivity contribution >= 4 is 6.03 Å². The van der Waals surface area contributed by atoms with E-state index in [1.807, 2.05) is 0 Å². The number of carbonyl (C=O) groups is 1. The fourth-order valence-corrected chi connectivity index (χ4v) is 2.48. The molecule has 1 saturated heterocycles. The monoisotopic (exact) mass is 314 g/mol. The number of nitrogens with zero attached hydrogens (tertiary/aromatic N) is 1. The number of rotatable bonds is 4. The van der Waals surface area contributed by atoms with Gasteiger partial charge in [-0.25, -0.2) is 13.6 Å². The molecule has 1 heterocycles. The number of ether oxygens (including phenoxy) is 1. The van der Waals surface area contributed by atoms with Crippen molar-refractivity contribution in [2.24, 2.45) is 0 Å². The molecular formula is C15H20F2N2O3. The van der Waals surface area contributed by atoms with Crippen LogP contribution in [0, 0.1) is 11.6 Å². The minimum absolute atomic E-state index is 0.170. The zero-order chi connectivity index (χ0) is 16.1. The highest BCUT2D eigenvalue weighted by Crippen LogP contribution is 2.15. The summed E-state index contributed by atoms with van der Waals surface area (Å²) in [5.41, 5.74) is -0.170. The number of hydrogen-bond acceptors (Lipinski definition) is 3. The summed E-state index contributed by atoms with van der Waals surface area (Å²) in [6, 6.07) is 2.90. The largest absolute Gasteiger partial charge is 0.393 e. The summed E-state index contributed by atoms with van der Waals surface area (Å²) in [5, 5.41) is 12.0. The SMILES string of the molecule is C[C@H](O)C[C@@H]1COCCN1C(=O)NCc1c(F)cccc1F. The number of amides is 2. The van der Waals surface area contributed by atoms with Crippen molar-refractivity contribution in [2.45, 2.75) is 32.0 Å². The van der Waals surface area contributed by atoms with E-state index in [0.29, 0.717) is 26.2 Å². The lowest BCUT2D eigenvalue weighted by molar-refractivity contribution is -0.00439. The van der Waals surface area contributed by atoms with Crippen molar-refractivity contribution in [3.05, 3.63) is 35.4 Å². The quantitative estimate of drug-likeness (QED) is 0.888. The second-order valence-corrected chi connectivity index (χ2v) is 5.37. The zero-order valence-corrected chi connectivity index (χ0v) is 12.4. The summed E-state index contributed by atoms with van der Waals surface area (Å²) in [5.74, 6) is -1.38. The van der Waals surface area contributed by atoms with Gasteiger partial charge in [0.15, 0.2) is 0 Å². The van der Waals surface area contributed by atoms with E-state index < -0.39 is 23.8 Å². The maximum atomic E-state index is 13.5. The van der Waals surface area contributed by atoms with Crippen molar-refractivity contribution in [1.29, 1.82) is 0 Å². The maximum Gasteiger partial charge on any atom is 0.318 e. The number of nitrogens with one attached hydrogen (secondary N) is 1. The lowest BCUT2D eigenvalue weighted by atomic mass is 10.1. The average Bonchev–Trinajstić information content (AvgIpc) is 2.46. The van der Waals surface area contributed by atoms with Crippen molar-refractivity contribution in [3.8, 4) is 0 Å². The first kappa shape index (κ1) is 16.6. The van der Waals surface area contributed by atoms with Crippen LogP contribution in [0.4, 0.5) is 13.6 Å². The Bertz CT molecular complexity index is 505. The highest BCUT2D eigenvalue weighted by Gasteiger charge is 2.28. The number of hydrogen-bond donors (Lipinski definition) is 2. The first-order valence-electron chi connectivity index (χ1n) is 7.22. The smallest absolute Gasteiger partial charge is 0.318 e. The Hall–Kier alpha value is -1.73. The zero-order valence-electron chi connectivity index (χ0n) is 12.4. The van der Waals surface area contributed by atoms with E-state index in [1.165, 1.54) is 11.0 Å². The first-order valence-corrected chi connectivity index (χ1v) is 7.22. The van der Waals surface area contributed by atoms with E-state index in [2.05, 4.69) is 5.32 Å². The third-order valence-electron chi connectivity index (χ3n) is 3.58. The fraction of sp³-hybridized carbons (Fsp3) is 0.533. The number of aliphatic hydroxyl groups excluding tert-OH is 1. The number of benzene rings is 1. The molecule has 122 valence electrons. The third-order valence-corrected chi connectivity index (χ3v) is 3.58. The summed E-state index contributed by atoms with van der Waals surface area (Å²) in [4.78, 5) is 13.8. The molecule has 0 bridgehead atoms. The molecule has 1 fully saturated rings. The van der Waals surface area contributed by atoms with Gasteiger partial charge in [0, 0.05) is 12.1 Å². The normalized spacial score (nSPS) is 19.8. The van der Waals surface area contributed by atoms with Gasteiger partial charge in [-0.05, 0) is 25.5 Å².